The molecule has 1 saturated heterocycles. The summed E-state index contributed by atoms with van der Waals surface area (Å²) in [7, 11) is 0. The van der Waals surface area contributed by atoms with Gasteiger partial charge in [0.1, 0.15) is 0 Å². The molecule has 2 aliphatic rings. The van der Waals surface area contributed by atoms with Gasteiger partial charge in [-0.25, -0.2) is 0 Å². The van der Waals surface area contributed by atoms with Gasteiger partial charge in [0.15, 0.2) is 0 Å². The lowest BCUT2D eigenvalue weighted by atomic mass is 9.71. The number of alkyl halides is 3. The Morgan fingerprint density at radius 3 is 2.28 bits per heavy atom. The van der Waals surface area contributed by atoms with Crippen molar-refractivity contribution in [1.82, 2.24) is 5.32 Å². The van der Waals surface area contributed by atoms with E-state index in [1.54, 1.807) is 12.1 Å². The predicted molar refractivity (Wildman–Crippen MR) is 93.1 cm³/mol. The van der Waals surface area contributed by atoms with Crippen molar-refractivity contribution in [3.63, 3.8) is 0 Å². The van der Waals surface area contributed by atoms with Gasteiger partial charge in [-0.15, -0.1) is 0 Å². The normalized spacial score (nSPS) is 19.7. The van der Waals surface area contributed by atoms with Gasteiger partial charge in [0.25, 0.3) is 0 Å². The van der Waals surface area contributed by atoms with Crippen molar-refractivity contribution in [2.45, 2.75) is 25.4 Å². The number of rotatable bonds is 1. The number of fused-ring (bicyclic) bond motifs is 1. The van der Waals surface area contributed by atoms with Crippen molar-refractivity contribution in [3.8, 4) is 0 Å². The second-order valence-electron chi connectivity index (χ2n) is 7.19. The van der Waals surface area contributed by atoms with Gasteiger partial charge in [0, 0.05) is 17.9 Å². The minimum Gasteiger partial charge on any atom is -0.341 e. The number of hydrogen-bond donors (Lipinski definition) is 1. The van der Waals surface area contributed by atoms with E-state index in [0.717, 1.165) is 50.3 Å². The first kappa shape index (κ1) is 16.5. The summed E-state index contributed by atoms with van der Waals surface area (Å²) in [5, 5.41) is 3.42. The van der Waals surface area contributed by atoms with Crippen LogP contribution in [0.2, 0.25) is 0 Å². The highest BCUT2D eigenvalue weighted by molar-refractivity contribution is 5.68. The number of nitrogens with one attached hydrogen (secondary N) is 1. The van der Waals surface area contributed by atoms with Gasteiger partial charge in [0.2, 0.25) is 0 Å². The average Bonchev–Trinajstić information content (AvgIpc) is 2.61. The Kier molecular flexibility index (Phi) is 3.99. The van der Waals surface area contributed by atoms with Gasteiger partial charge in [-0.05, 0) is 73.7 Å². The molecule has 25 heavy (non-hydrogen) atoms. The van der Waals surface area contributed by atoms with Crippen molar-refractivity contribution in [3.05, 3.63) is 59.7 Å². The monoisotopic (exact) mass is 346 g/mol. The molecule has 2 aromatic carbocycles. The highest BCUT2D eigenvalue weighted by atomic mass is 19.4. The number of para-hydroxylation sites is 1. The summed E-state index contributed by atoms with van der Waals surface area (Å²) in [6.07, 6.45) is -1.06. The molecule has 132 valence electrons. The van der Waals surface area contributed by atoms with Crippen LogP contribution < -0.4 is 10.2 Å². The van der Waals surface area contributed by atoms with Crippen LogP contribution >= 0.6 is 0 Å². The molecule has 2 aromatic rings. The summed E-state index contributed by atoms with van der Waals surface area (Å²) < 4.78 is 38.6. The molecular weight excluding hydrogens is 325 g/mol. The maximum atomic E-state index is 12.9. The van der Waals surface area contributed by atoms with Crippen molar-refractivity contribution in [2.24, 2.45) is 5.41 Å². The molecule has 2 heterocycles. The van der Waals surface area contributed by atoms with Gasteiger partial charge in [-0.3, -0.25) is 0 Å². The predicted octanol–water partition coefficient (Wildman–Crippen LogP) is 4.77. The lowest BCUT2D eigenvalue weighted by molar-refractivity contribution is -0.137. The molecule has 0 amide bonds. The van der Waals surface area contributed by atoms with E-state index in [2.05, 4.69) is 22.3 Å². The van der Waals surface area contributed by atoms with E-state index < -0.39 is 11.7 Å². The topological polar surface area (TPSA) is 15.3 Å². The van der Waals surface area contributed by atoms with Crippen LogP contribution in [0, 0.1) is 5.41 Å². The number of anilines is 2. The summed E-state index contributed by atoms with van der Waals surface area (Å²) >= 11 is 0. The first-order chi connectivity index (χ1) is 12.0. The Balaban J connectivity index is 1.72. The average molecular weight is 346 g/mol. The van der Waals surface area contributed by atoms with Gasteiger partial charge in [-0.1, -0.05) is 18.2 Å². The second-order valence-corrected chi connectivity index (χ2v) is 7.19. The maximum Gasteiger partial charge on any atom is 0.416 e. The van der Waals surface area contributed by atoms with Gasteiger partial charge >= 0.3 is 6.18 Å². The number of piperidine rings is 1. The summed E-state index contributed by atoms with van der Waals surface area (Å²) in [6.45, 7) is 2.86. The highest BCUT2D eigenvalue weighted by Crippen LogP contribution is 2.45. The smallest absolute Gasteiger partial charge is 0.341 e. The highest BCUT2D eigenvalue weighted by Gasteiger charge is 2.39. The third-order valence-electron chi connectivity index (χ3n) is 5.51. The molecule has 2 nitrogen and oxygen atoms in total. The molecule has 0 bridgehead atoms. The van der Waals surface area contributed by atoms with E-state index in [0.29, 0.717) is 0 Å². The summed E-state index contributed by atoms with van der Waals surface area (Å²) in [4.78, 5) is 2.20. The molecule has 1 N–H and O–H groups in total. The lowest BCUT2D eigenvalue weighted by Gasteiger charge is -2.47. The first-order valence-electron chi connectivity index (χ1n) is 8.70. The summed E-state index contributed by atoms with van der Waals surface area (Å²) in [5.74, 6) is 0. The molecule has 4 rings (SSSR count). The largest absolute Gasteiger partial charge is 0.416 e. The molecule has 0 radical (unpaired) electrons. The van der Waals surface area contributed by atoms with Crippen LogP contribution in [0.3, 0.4) is 0 Å². The minimum atomic E-state index is -4.30. The zero-order chi connectivity index (χ0) is 17.5. The molecule has 0 unspecified atom stereocenters. The summed E-state index contributed by atoms with van der Waals surface area (Å²) in [6, 6.07) is 13.8. The maximum absolute atomic E-state index is 12.9. The molecule has 2 aliphatic heterocycles. The minimum absolute atomic E-state index is 0.197. The van der Waals surface area contributed by atoms with Crippen molar-refractivity contribution < 1.29 is 13.2 Å². The Labute approximate surface area is 145 Å². The van der Waals surface area contributed by atoms with Gasteiger partial charge in [-0.2, -0.15) is 13.2 Å². The van der Waals surface area contributed by atoms with Crippen LogP contribution in [0.25, 0.3) is 0 Å². The third kappa shape index (κ3) is 3.13. The van der Waals surface area contributed by atoms with E-state index >= 15 is 0 Å². The van der Waals surface area contributed by atoms with E-state index in [-0.39, 0.29) is 5.41 Å². The number of halogens is 3. The van der Waals surface area contributed by atoms with Crippen molar-refractivity contribution in [1.29, 1.82) is 0 Å². The first-order valence-corrected chi connectivity index (χ1v) is 8.70. The van der Waals surface area contributed by atoms with Crippen LogP contribution in [0.5, 0.6) is 0 Å². The third-order valence-corrected chi connectivity index (χ3v) is 5.51. The number of nitrogens with zero attached hydrogens (tertiary/aromatic N) is 1. The second kappa shape index (κ2) is 6.06. The van der Waals surface area contributed by atoms with E-state index in [4.69, 9.17) is 0 Å². The molecule has 0 aliphatic carbocycles. The van der Waals surface area contributed by atoms with Crippen LogP contribution in [0.15, 0.2) is 48.5 Å². The molecule has 1 fully saturated rings. The molecular formula is C20H21F3N2. The van der Waals surface area contributed by atoms with Crippen molar-refractivity contribution >= 4 is 11.4 Å². The molecule has 1 spiro atoms. The van der Waals surface area contributed by atoms with Gasteiger partial charge < -0.3 is 10.2 Å². The molecule has 0 aromatic heterocycles. The van der Waals surface area contributed by atoms with Crippen LogP contribution in [0.1, 0.15) is 24.0 Å². The Morgan fingerprint density at radius 2 is 1.60 bits per heavy atom. The zero-order valence-electron chi connectivity index (χ0n) is 13.9. The van der Waals surface area contributed by atoms with E-state index in [1.807, 2.05) is 12.1 Å². The molecule has 0 saturated carbocycles. The van der Waals surface area contributed by atoms with Gasteiger partial charge in [0.05, 0.1) is 5.56 Å². The Hall–Kier alpha value is -2.01. The van der Waals surface area contributed by atoms with E-state index in [1.165, 1.54) is 17.7 Å². The standard InChI is InChI=1S/C20H21F3N2/c21-20(22,23)16-5-7-17(8-6-16)25-14-19(9-11-24-12-10-19)13-15-3-1-2-4-18(15)25/h1-8,24H,9-14H2. The van der Waals surface area contributed by atoms with Crippen LogP contribution in [0.4, 0.5) is 24.5 Å². The Bertz CT molecular complexity index is 746. The molecule has 0 atom stereocenters. The van der Waals surface area contributed by atoms with Crippen molar-refractivity contribution in [2.75, 3.05) is 24.5 Å². The fraction of sp³-hybridized carbons (Fsp3) is 0.400. The quantitative estimate of drug-likeness (QED) is 0.800. The number of benzene rings is 2. The SMILES string of the molecule is FC(F)(F)c1ccc(N2CC3(CCNCC3)Cc3ccccc32)cc1. The Morgan fingerprint density at radius 1 is 0.920 bits per heavy atom. The van der Waals surface area contributed by atoms with E-state index in [9.17, 15) is 13.2 Å². The zero-order valence-corrected chi connectivity index (χ0v) is 13.9. The fourth-order valence-corrected chi connectivity index (χ4v) is 4.16. The number of hydrogen-bond acceptors (Lipinski definition) is 2. The fourth-order valence-electron chi connectivity index (χ4n) is 4.16. The van der Waals surface area contributed by atoms with Crippen LogP contribution in [-0.2, 0) is 12.6 Å². The summed E-state index contributed by atoms with van der Waals surface area (Å²) in [5.41, 5.74) is 2.83. The van der Waals surface area contributed by atoms with Crippen LogP contribution in [-0.4, -0.2) is 19.6 Å². The molecule has 5 heteroatoms. The lowest BCUT2D eigenvalue weighted by Crippen LogP contribution is -2.47.